The summed E-state index contributed by atoms with van der Waals surface area (Å²) in [6, 6.07) is 11.9. The number of carbonyl (C=O) groups excluding carboxylic acids is 1. The molecule has 1 heterocycles. The third-order valence-corrected chi connectivity index (χ3v) is 3.77. The number of ketones is 1. The summed E-state index contributed by atoms with van der Waals surface area (Å²) >= 11 is 0. The minimum Gasteiger partial charge on any atom is -0.287 e. The molecule has 0 spiro atoms. The van der Waals surface area contributed by atoms with E-state index in [1.807, 2.05) is 24.3 Å². The van der Waals surface area contributed by atoms with Crippen molar-refractivity contribution < 1.29 is 9.55 Å². The monoisotopic (exact) mass is 236 g/mol. The summed E-state index contributed by atoms with van der Waals surface area (Å²) in [5.41, 5.74) is 5.80. The third-order valence-electron chi connectivity index (χ3n) is 3.77. The number of benzene rings is 2. The third kappa shape index (κ3) is 1.11. The first-order valence-corrected chi connectivity index (χ1v) is 5.97. The van der Waals surface area contributed by atoms with Crippen LogP contribution in [0.1, 0.15) is 21.5 Å². The van der Waals surface area contributed by atoms with Crippen LogP contribution in [0.3, 0.4) is 0 Å². The predicted octanol–water partition coefficient (Wildman–Crippen LogP) is 2.86. The fraction of sp³-hybridized carbons (Fsp3) is 0.133. The van der Waals surface area contributed by atoms with Crippen LogP contribution in [-0.2, 0) is 6.42 Å². The maximum Gasteiger partial charge on any atom is 0.268 e. The minimum atomic E-state index is -0.0706. The summed E-state index contributed by atoms with van der Waals surface area (Å²) in [7, 11) is 0. The van der Waals surface area contributed by atoms with Crippen molar-refractivity contribution in [2.24, 2.45) is 0 Å². The number of fused-ring (bicyclic) bond motifs is 4. The zero-order valence-corrected chi connectivity index (χ0v) is 9.64. The van der Waals surface area contributed by atoms with Gasteiger partial charge in [-0.2, -0.15) is 0 Å². The molecule has 4 rings (SSSR count). The lowest BCUT2D eigenvalue weighted by Crippen LogP contribution is -2.02. The summed E-state index contributed by atoms with van der Waals surface area (Å²) in [5, 5.41) is 0. The van der Waals surface area contributed by atoms with Gasteiger partial charge >= 0.3 is 0 Å². The lowest BCUT2D eigenvalue weighted by Gasteiger charge is -2.00. The van der Waals surface area contributed by atoms with E-state index in [4.69, 9.17) is 0 Å². The fourth-order valence-corrected chi connectivity index (χ4v) is 2.90. The molecule has 0 saturated carbocycles. The quantitative estimate of drug-likeness (QED) is 0.563. The molecule has 3 nitrogen and oxygen atoms in total. The number of nitrogens with zero attached hydrogens (tertiary/aromatic N) is 1. The number of carbonyl (C=O) groups is 1. The molecule has 0 fully saturated rings. The molecule has 0 radical (unpaired) electrons. The first kappa shape index (κ1) is 9.71. The average molecular weight is 236 g/mol. The molecule has 86 valence electrons. The second-order valence-corrected chi connectivity index (χ2v) is 4.82. The van der Waals surface area contributed by atoms with Crippen molar-refractivity contribution in [3.05, 3.63) is 58.0 Å². The predicted molar refractivity (Wildman–Crippen MR) is 67.2 cm³/mol. The summed E-state index contributed by atoms with van der Waals surface area (Å²) in [6.45, 7) is -0.0418. The Kier molecular flexibility index (Phi) is 1.69. The second-order valence-electron chi connectivity index (χ2n) is 4.82. The van der Waals surface area contributed by atoms with Gasteiger partial charge in [0.25, 0.3) is 12.2 Å². The van der Waals surface area contributed by atoms with Crippen molar-refractivity contribution in [3.63, 3.8) is 0 Å². The van der Waals surface area contributed by atoms with E-state index in [1.54, 1.807) is 0 Å². The van der Waals surface area contributed by atoms with Gasteiger partial charge in [0.15, 0.2) is 0 Å². The average Bonchev–Trinajstić information content (AvgIpc) is 2.86. The highest BCUT2D eigenvalue weighted by Gasteiger charge is 2.37. The maximum atomic E-state index is 11.7. The summed E-state index contributed by atoms with van der Waals surface area (Å²) in [6.07, 6.45) is 0.852. The van der Waals surface area contributed by atoms with Gasteiger partial charge in [-0.15, -0.1) is 0 Å². The highest BCUT2D eigenvalue weighted by atomic mass is 16.3. The Morgan fingerprint density at radius 2 is 1.78 bits per heavy atom. The Hall–Kier alpha value is -2.29. The van der Waals surface area contributed by atoms with E-state index in [0.29, 0.717) is 11.3 Å². The SMILES string of the molecule is O=C1C[N+](=O)c2cc3c(cc21)Cc1ccccc1-3. The Balaban J connectivity index is 2.01. The van der Waals surface area contributed by atoms with Gasteiger partial charge in [-0.05, 0) is 34.7 Å². The maximum absolute atomic E-state index is 11.7. The Bertz CT molecular complexity index is 731. The van der Waals surface area contributed by atoms with Gasteiger partial charge < -0.3 is 0 Å². The van der Waals surface area contributed by atoms with Crippen LogP contribution in [0.25, 0.3) is 11.1 Å². The molecule has 18 heavy (non-hydrogen) atoms. The van der Waals surface area contributed by atoms with Crippen LogP contribution in [-0.4, -0.2) is 17.1 Å². The largest absolute Gasteiger partial charge is 0.287 e. The molecule has 0 saturated heterocycles. The van der Waals surface area contributed by atoms with E-state index in [0.717, 1.165) is 22.3 Å². The van der Waals surface area contributed by atoms with Crippen LogP contribution in [0.4, 0.5) is 5.69 Å². The topological polar surface area (TPSA) is 37.1 Å². The molecule has 2 aromatic carbocycles. The molecule has 0 amide bonds. The van der Waals surface area contributed by atoms with Crippen LogP contribution in [0.5, 0.6) is 0 Å². The van der Waals surface area contributed by atoms with Crippen molar-refractivity contribution in [1.29, 1.82) is 0 Å². The van der Waals surface area contributed by atoms with Crippen molar-refractivity contribution in [2.75, 3.05) is 6.54 Å². The molecule has 3 heteroatoms. The summed E-state index contributed by atoms with van der Waals surface area (Å²) < 4.78 is 0.791. The number of hydrogen-bond acceptors (Lipinski definition) is 2. The zero-order chi connectivity index (χ0) is 12.3. The summed E-state index contributed by atoms with van der Waals surface area (Å²) in [4.78, 5) is 23.4. The molecular formula is C15H10NO2+. The van der Waals surface area contributed by atoms with Crippen LogP contribution in [0, 0.1) is 4.91 Å². The van der Waals surface area contributed by atoms with Crippen molar-refractivity contribution in [2.45, 2.75) is 6.42 Å². The van der Waals surface area contributed by atoms with Crippen molar-refractivity contribution in [3.8, 4) is 11.1 Å². The van der Waals surface area contributed by atoms with Gasteiger partial charge in [-0.25, -0.2) is 0 Å². The normalized spacial score (nSPS) is 15.6. The Labute approximate surface area is 104 Å². The molecule has 2 aliphatic rings. The Morgan fingerprint density at radius 3 is 2.67 bits per heavy atom. The lowest BCUT2D eigenvalue weighted by molar-refractivity contribution is -0.441. The zero-order valence-electron chi connectivity index (χ0n) is 9.64. The van der Waals surface area contributed by atoms with Gasteiger partial charge in [0, 0.05) is 15.7 Å². The second kappa shape index (κ2) is 3.13. The summed E-state index contributed by atoms with van der Waals surface area (Å²) in [5.74, 6) is -0.0706. The van der Waals surface area contributed by atoms with Gasteiger partial charge in [0.1, 0.15) is 5.56 Å². The van der Waals surface area contributed by atoms with E-state index in [2.05, 4.69) is 12.1 Å². The van der Waals surface area contributed by atoms with E-state index in [-0.39, 0.29) is 12.3 Å². The first-order valence-electron chi connectivity index (χ1n) is 5.97. The molecular weight excluding hydrogens is 226 g/mol. The number of Topliss-reactive ketones (excluding diaryl/α,β-unsaturated/α-hetero) is 1. The van der Waals surface area contributed by atoms with Gasteiger partial charge in [0.05, 0.1) is 0 Å². The molecule has 0 bridgehead atoms. The van der Waals surface area contributed by atoms with Crippen LogP contribution in [0.2, 0.25) is 0 Å². The Morgan fingerprint density at radius 1 is 0.944 bits per heavy atom. The minimum absolute atomic E-state index is 0.0418. The molecule has 1 aliphatic heterocycles. The van der Waals surface area contributed by atoms with Crippen LogP contribution < -0.4 is 0 Å². The van der Waals surface area contributed by atoms with Crippen molar-refractivity contribution in [1.82, 2.24) is 0 Å². The van der Waals surface area contributed by atoms with Crippen LogP contribution >= 0.6 is 0 Å². The lowest BCUT2D eigenvalue weighted by atomic mass is 10.0. The first-order chi connectivity index (χ1) is 8.74. The number of hydrogen-bond donors (Lipinski definition) is 0. The highest BCUT2D eigenvalue weighted by Crippen LogP contribution is 2.41. The van der Waals surface area contributed by atoms with E-state index in [9.17, 15) is 9.70 Å². The van der Waals surface area contributed by atoms with E-state index < -0.39 is 0 Å². The number of nitroso groups, excluding NO2 is 1. The highest BCUT2D eigenvalue weighted by molar-refractivity contribution is 6.04. The smallest absolute Gasteiger partial charge is 0.268 e. The molecule has 1 aliphatic carbocycles. The molecule has 0 aromatic heterocycles. The number of rotatable bonds is 0. The van der Waals surface area contributed by atoms with Crippen molar-refractivity contribution >= 4 is 11.5 Å². The van der Waals surface area contributed by atoms with E-state index in [1.165, 1.54) is 11.1 Å². The van der Waals surface area contributed by atoms with Gasteiger partial charge in [-0.1, -0.05) is 24.3 Å². The van der Waals surface area contributed by atoms with E-state index >= 15 is 0 Å². The molecule has 2 aromatic rings. The van der Waals surface area contributed by atoms with Gasteiger partial charge in [-0.3, -0.25) is 4.79 Å². The molecule has 0 N–H and O–H groups in total. The van der Waals surface area contributed by atoms with Gasteiger partial charge in [0.2, 0.25) is 5.78 Å². The standard InChI is InChI=1S/C15H10NO2/c17-15-8-16(18)14-7-12-10(6-13(14)15)5-9-3-1-2-4-11(9)12/h1-4,6-7H,5,8H2/q+1. The molecule has 0 unspecified atom stereocenters. The fourth-order valence-electron chi connectivity index (χ4n) is 2.90. The van der Waals surface area contributed by atoms with Crippen LogP contribution in [0.15, 0.2) is 36.4 Å². The molecule has 0 atom stereocenters.